The zero-order valence-corrected chi connectivity index (χ0v) is 9.64. The maximum atomic E-state index is 11.8. The third-order valence-electron chi connectivity index (χ3n) is 2.65. The van der Waals surface area contributed by atoms with Gasteiger partial charge in [-0.3, -0.25) is 14.3 Å². The molecule has 90 valence electrons. The minimum absolute atomic E-state index is 0.392. The van der Waals surface area contributed by atoms with Gasteiger partial charge in [0.1, 0.15) is 0 Å². The normalized spacial score (nSPS) is 10.9. The molecule has 2 rings (SSSR count). The van der Waals surface area contributed by atoms with E-state index in [0.29, 0.717) is 24.3 Å². The fourth-order valence-electron chi connectivity index (χ4n) is 1.81. The van der Waals surface area contributed by atoms with Crippen molar-refractivity contribution in [3.63, 3.8) is 0 Å². The SMILES string of the molecule is C=CCCn1cnc2c1c(=O)[nH]c(=O)n2CC. The first-order valence-electron chi connectivity index (χ1n) is 5.48. The van der Waals surface area contributed by atoms with E-state index >= 15 is 0 Å². The molecule has 0 saturated heterocycles. The quantitative estimate of drug-likeness (QED) is 0.782. The van der Waals surface area contributed by atoms with Gasteiger partial charge in [0.05, 0.1) is 6.33 Å². The molecule has 0 aliphatic carbocycles. The first-order valence-corrected chi connectivity index (χ1v) is 5.48. The molecular formula is C11H14N4O2. The molecule has 0 radical (unpaired) electrons. The van der Waals surface area contributed by atoms with Crippen LogP contribution in [0.25, 0.3) is 11.2 Å². The molecule has 0 unspecified atom stereocenters. The maximum absolute atomic E-state index is 11.8. The lowest BCUT2D eigenvalue weighted by molar-refractivity contribution is 0.709. The number of hydrogen-bond donors (Lipinski definition) is 1. The van der Waals surface area contributed by atoms with Crippen LogP contribution >= 0.6 is 0 Å². The van der Waals surface area contributed by atoms with E-state index in [2.05, 4.69) is 16.5 Å². The van der Waals surface area contributed by atoms with Gasteiger partial charge in [0.25, 0.3) is 5.56 Å². The number of nitrogens with zero attached hydrogens (tertiary/aromatic N) is 3. The summed E-state index contributed by atoms with van der Waals surface area (Å²) in [5.41, 5.74) is 0.0637. The Morgan fingerprint density at radius 3 is 2.94 bits per heavy atom. The number of aromatic amines is 1. The number of hydrogen-bond acceptors (Lipinski definition) is 3. The lowest BCUT2D eigenvalue weighted by Crippen LogP contribution is -2.30. The van der Waals surface area contributed by atoms with Gasteiger partial charge in [0.15, 0.2) is 11.2 Å². The van der Waals surface area contributed by atoms with Crippen molar-refractivity contribution in [2.75, 3.05) is 0 Å². The maximum Gasteiger partial charge on any atom is 0.330 e. The van der Waals surface area contributed by atoms with Gasteiger partial charge in [-0.25, -0.2) is 9.78 Å². The molecule has 0 aliphatic rings. The molecule has 0 spiro atoms. The minimum atomic E-state index is -0.418. The molecule has 0 bridgehead atoms. The van der Waals surface area contributed by atoms with Crippen LogP contribution in [0.2, 0.25) is 0 Å². The van der Waals surface area contributed by atoms with Crippen LogP contribution in [0.1, 0.15) is 13.3 Å². The lowest BCUT2D eigenvalue weighted by Gasteiger charge is -2.03. The second-order valence-corrected chi connectivity index (χ2v) is 3.69. The number of fused-ring (bicyclic) bond motifs is 1. The summed E-state index contributed by atoms with van der Waals surface area (Å²) in [4.78, 5) is 29.7. The van der Waals surface area contributed by atoms with Gasteiger partial charge in [-0.05, 0) is 13.3 Å². The largest absolute Gasteiger partial charge is 0.330 e. The number of nitrogens with one attached hydrogen (secondary N) is 1. The van der Waals surface area contributed by atoms with Crippen molar-refractivity contribution in [3.05, 3.63) is 39.8 Å². The summed E-state index contributed by atoms with van der Waals surface area (Å²) < 4.78 is 3.18. The topological polar surface area (TPSA) is 72.7 Å². The molecule has 0 aliphatic heterocycles. The first kappa shape index (κ1) is 11.4. The van der Waals surface area contributed by atoms with E-state index in [9.17, 15) is 9.59 Å². The molecule has 2 aromatic heterocycles. The number of aryl methyl sites for hydroxylation is 2. The molecule has 0 amide bonds. The van der Waals surface area contributed by atoms with E-state index in [0.717, 1.165) is 6.42 Å². The number of H-pyrrole nitrogens is 1. The number of imidazole rings is 1. The highest BCUT2D eigenvalue weighted by Gasteiger charge is 2.11. The molecule has 2 heterocycles. The summed E-state index contributed by atoms with van der Waals surface area (Å²) in [5, 5.41) is 0. The summed E-state index contributed by atoms with van der Waals surface area (Å²) >= 11 is 0. The predicted octanol–water partition coefficient (Wildman–Crippen LogP) is 0.482. The van der Waals surface area contributed by atoms with Gasteiger partial charge in [-0.2, -0.15) is 0 Å². The van der Waals surface area contributed by atoms with E-state index in [4.69, 9.17) is 0 Å². The number of rotatable bonds is 4. The standard InChI is InChI=1S/C11H14N4O2/c1-3-5-6-14-7-12-9-8(14)10(16)13-11(17)15(9)4-2/h3,7H,1,4-6H2,2H3,(H,13,16,17). The van der Waals surface area contributed by atoms with E-state index in [1.54, 1.807) is 17.0 Å². The van der Waals surface area contributed by atoms with Crippen molar-refractivity contribution in [1.82, 2.24) is 19.1 Å². The van der Waals surface area contributed by atoms with Crippen molar-refractivity contribution < 1.29 is 0 Å². The van der Waals surface area contributed by atoms with E-state index in [1.807, 2.05) is 6.92 Å². The highest BCUT2D eigenvalue weighted by atomic mass is 16.2. The Morgan fingerprint density at radius 1 is 1.53 bits per heavy atom. The molecule has 17 heavy (non-hydrogen) atoms. The second-order valence-electron chi connectivity index (χ2n) is 3.69. The minimum Gasteiger partial charge on any atom is -0.324 e. The van der Waals surface area contributed by atoms with Crippen LogP contribution in [-0.4, -0.2) is 19.1 Å². The third kappa shape index (κ3) is 1.82. The monoisotopic (exact) mass is 234 g/mol. The molecule has 0 atom stereocenters. The fourth-order valence-corrected chi connectivity index (χ4v) is 1.81. The Morgan fingerprint density at radius 2 is 2.29 bits per heavy atom. The van der Waals surface area contributed by atoms with Crippen LogP contribution in [0.5, 0.6) is 0 Å². The van der Waals surface area contributed by atoms with Crippen LogP contribution in [-0.2, 0) is 13.1 Å². The zero-order valence-electron chi connectivity index (χ0n) is 9.64. The molecule has 2 aromatic rings. The van der Waals surface area contributed by atoms with Gasteiger partial charge in [0, 0.05) is 13.1 Å². The van der Waals surface area contributed by atoms with Crippen molar-refractivity contribution in [2.24, 2.45) is 0 Å². The third-order valence-corrected chi connectivity index (χ3v) is 2.65. The van der Waals surface area contributed by atoms with Gasteiger partial charge in [-0.1, -0.05) is 6.08 Å². The molecular weight excluding hydrogens is 220 g/mol. The van der Waals surface area contributed by atoms with Crippen molar-refractivity contribution in [1.29, 1.82) is 0 Å². The predicted molar refractivity (Wildman–Crippen MR) is 65.1 cm³/mol. The molecule has 6 heteroatoms. The van der Waals surface area contributed by atoms with Gasteiger partial charge >= 0.3 is 5.69 Å². The Hall–Kier alpha value is -2.11. The fraction of sp³-hybridized carbons (Fsp3) is 0.364. The smallest absolute Gasteiger partial charge is 0.324 e. The van der Waals surface area contributed by atoms with Crippen molar-refractivity contribution in [2.45, 2.75) is 26.4 Å². The molecule has 0 fully saturated rings. The lowest BCUT2D eigenvalue weighted by atomic mass is 10.4. The average Bonchev–Trinajstić information content (AvgIpc) is 2.71. The van der Waals surface area contributed by atoms with Gasteiger partial charge < -0.3 is 4.57 Å². The summed E-state index contributed by atoms with van der Waals surface area (Å²) in [5.74, 6) is 0. The van der Waals surface area contributed by atoms with Crippen LogP contribution in [0.4, 0.5) is 0 Å². The first-order chi connectivity index (χ1) is 8.19. The number of aromatic nitrogens is 4. The summed E-state index contributed by atoms with van der Waals surface area (Å²) in [7, 11) is 0. The van der Waals surface area contributed by atoms with Gasteiger partial charge in [-0.15, -0.1) is 6.58 Å². The van der Waals surface area contributed by atoms with Gasteiger partial charge in [0.2, 0.25) is 0 Å². The summed E-state index contributed by atoms with van der Waals surface area (Å²) in [6, 6.07) is 0. The van der Waals surface area contributed by atoms with Crippen molar-refractivity contribution >= 4 is 11.2 Å². The Labute approximate surface area is 97.2 Å². The van der Waals surface area contributed by atoms with Crippen molar-refractivity contribution in [3.8, 4) is 0 Å². The van der Waals surface area contributed by atoms with E-state index in [1.165, 1.54) is 4.57 Å². The zero-order chi connectivity index (χ0) is 12.4. The molecule has 6 nitrogen and oxygen atoms in total. The summed E-state index contributed by atoms with van der Waals surface area (Å²) in [6.07, 6.45) is 4.10. The average molecular weight is 234 g/mol. The Kier molecular flexibility index (Phi) is 2.95. The Bertz CT molecular complexity index is 662. The number of allylic oxidation sites excluding steroid dienone is 1. The van der Waals surface area contributed by atoms with Crippen LogP contribution < -0.4 is 11.2 Å². The molecule has 0 saturated carbocycles. The second kappa shape index (κ2) is 4.40. The van der Waals surface area contributed by atoms with E-state index < -0.39 is 11.2 Å². The van der Waals surface area contributed by atoms with E-state index in [-0.39, 0.29) is 0 Å². The highest BCUT2D eigenvalue weighted by molar-refractivity contribution is 5.69. The van der Waals surface area contributed by atoms with Crippen LogP contribution in [0, 0.1) is 0 Å². The van der Waals surface area contributed by atoms with Crippen LogP contribution in [0.15, 0.2) is 28.6 Å². The Balaban J connectivity index is 2.72. The summed E-state index contributed by atoms with van der Waals surface area (Å²) in [6.45, 7) is 6.58. The highest BCUT2D eigenvalue weighted by Crippen LogP contribution is 2.06. The van der Waals surface area contributed by atoms with Crippen LogP contribution in [0.3, 0.4) is 0 Å². The molecule has 1 N–H and O–H groups in total. The molecule has 0 aromatic carbocycles.